The van der Waals surface area contributed by atoms with Crippen LogP contribution in [-0.2, 0) is 9.59 Å². The fourth-order valence-corrected chi connectivity index (χ4v) is 4.31. The first kappa shape index (κ1) is 16.0. The number of carbonyl (C=O) groups is 2. The van der Waals surface area contributed by atoms with E-state index < -0.39 is 11.9 Å². The minimum atomic E-state index is -0.655. The molecule has 0 spiro atoms. The van der Waals surface area contributed by atoms with Gasteiger partial charge in [-0.3, -0.25) is 14.6 Å². The Kier molecular flexibility index (Phi) is 6.85. The fraction of sp³-hybridized carbons (Fsp3) is 0.700. The van der Waals surface area contributed by atoms with Gasteiger partial charge in [0.15, 0.2) is 5.96 Å². The van der Waals surface area contributed by atoms with Crippen LogP contribution in [0.2, 0.25) is 0 Å². The van der Waals surface area contributed by atoms with Crippen LogP contribution in [0.15, 0.2) is 4.99 Å². The van der Waals surface area contributed by atoms with E-state index in [2.05, 4.69) is 10.3 Å². The molecule has 19 heavy (non-hydrogen) atoms. The van der Waals surface area contributed by atoms with Crippen LogP contribution in [0, 0.1) is 5.92 Å². The van der Waals surface area contributed by atoms with E-state index in [-0.39, 0.29) is 17.8 Å². The van der Waals surface area contributed by atoms with Crippen LogP contribution in [0.4, 0.5) is 0 Å². The summed E-state index contributed by atoms with van der Waals surface area (Å²) in [5.74, 6) is 0.875. The molecule has 0 aromatic carbocycles. The van der Waals surface area contributed by atoms with Crippen LogP contribution in [-0.4, -0.2) is 41.9 Å². The molecule has 0 unspecified atom stereocenters. The largest absolute Gasteiger partial charge is 0.370 e. The number of aliphatic imine (C=N–C) groups is 1. The van der Waals surface area contributed by atoms with Crippen molar-refractivity contribution < 1.29 is 9.59 Å². The molecule has 0 aliphatic carbocycles. The first-order chi connectivity index (χ1) is 9.00. The number of guanidine groups is 1. The highest BCUT2D eigenvalue weighted by Gasteiger charge is 2.27. The lowest BCUT2D eigenvalue weighted by atomic mass is 10.1. The van der Waals surface area contributed by atoms with Crippen molar-refractivity contribution in [2.24, 2.45) is 28.1 Å². The zero-order chi connectivity index (χ0) is 14.3. The number of hydrogen-bond acceptors (Lipinski definition) is 5. The molecular weight excluding hydrogens is 286 g/mol. The van der Waals surface area contributed by atoms with E-state index in [0.717, 1.165) is 11.5 Å². The van der Waals surface area contributed by atoms with Gasteiger partial charge in [-0.05, 0) is 12.8 Å². The minimum absolute atomic E-state index is 0.0136. The summed E-state index contributed by atoms with van der Waals surface area (Å²) in [6, 6.07) is -0.655. The molecule has 0 aromatic rings. The summed E-state index contributed by atoms with van der Waals surface area (Å²) in [7, 11) is 3.33. The third-order valence-electron chi connectivity index (χ3n) is 2.60. The number of amides is 2. The third-order valence-corrected chi connectivity index (χ3v) is 5.16. The number of hydrogen-bond donors (Lipinski definition) is 4. The second-order valence-electron chi connectivity index (χ2n) is 4.18. The molecule has 1 atom stereocenters. The molecule has 0 bridgehead atoms. The maximum absolute atomic E-state index is 11.9. The second-order valence-corrected chi connectivity index (χ2v) is 6.73. The molecule has 1 aliphatic heterocycles. The molecule has 7 nitrogen and oxygen atoms in total. The van der Waals surface area contributed by atoms with Gasteiger partial charge in [0.25, 0.3) is 0 Å². The first-order valence-corrected chi connectivity index (χ1v) is 8.39. The average molecular weight is 305 g/mol. The van der Waals surface area contributed by atoms with Crippen molar-refractivity contribution in [3.05, 3.63) is 0 Å². The van der Waals surface area contributed by atoms with Crippen molar-refractivity contribution in [1.82, 2.24) is 5.32 Å². The van der Waals surface area contributed by atoms with Gasteiger partial charge >= 0.3 is 0 Å². The lowest BCUT2D eigenvalue weighted by molar-refractivity contribution is -0.129. The summed E-state index contributed by atoms with van der Waals surface area (Å²) in [4.78, 5) is 27.0. The van der Waals surface area contributed by atoms with Gasteiger partial charge in [-0.2, -0.15) is 0 Å². The zero-order valence-electron chi connectivity index (χ0n) is 10.5. The molecule has 2 amide bonds. The molecule has 1 rings (SSSR count). The van der Waals surface area contributed by atoms with Crippen LogP contribution in [0.1, 0.15) is 12.8 Å². The van der Waals surface area contributed by atoms with E-state index in [1.807, 2.05) is 0 Å². The first-order valence-electron chi connectivity index (χ1n) is 5.90. The molecule has 1 heterocycles. The van der Waals surface area contributed by atoms with E-state index in [9.17, 15) is 9.59 Å². The number of rotatable bonds is 7. The molecule has 1 fully saturated rings. The van der Waals surface area contributed by atoms with Crippen LogP contribution in [0.25, 0.3) is 0 Å². The van der Waals surface area contributed by atoms with Crippen molar-refractivity contribution in [3.63, 3.8) is 0 Å². The van der Waals surface area contributed by atoms with Gasteiger partial charge in [-0.25, -0.2) is 0 Å². The molecule has 1 aliphatic rings. The summed E-state index contributed by atoms with van der Waals surface area (Å²) in [5, 5.41) is 2.70. The van der Waals surface area contributed by atoms with Gasteiger partial charge in [0.2, 0.25) is 11.8 Å². The quantitative estimate of drug-likeness (QED) is 0.206. The highest BCUT2D eigenvalue weighted by Crippen LogP contribution is 2.34. The van der Waals surface area contributed by atoms with Crippen molar-refractivity contribution in [2.45, 2.75) is 18.9 Å². The molecule has 108 valence electrons. The monoisotopic (exact) mass is 305 g/mol. The van der Waals surface area contributed by atoms with Crippen LogP contribution < -0.4 is 22.5 Å². The number of carbonyl (C=O) groups excluding carboxylic acids is 2. The standard InChI is InChI=1S/C10H19N5O2S2/c11-8(16)7(2-1-3-14-10(12)13)15-9(17)6-4-18-19-5-6/h6-7H,1-5H2,(H2,11,16)(H,15,17)(H4,12,13,14)/t7-/m0/s1. The van der Waals surface area contributed by atoms with Crippen molar-refractivity contribution in [2.75, 3.05) is 18.1 Å². The molecule has 0 aromatic heterocycles. The molecule has 0 radical (unpaired) electrons. The molecular formula is C10H19N5O2S2. The van der Waals surface area contributed by atoms with Gasteiger partial charge in [-0.15, -0.1) is 0 Å². The van der Waals surface area contributed by atoms with Crippen molar-refractivity contribution >= 4 is 39.4 Å². The van der Waals surface area contributed by atoms with Gasteiger partial charge in [-0.1, -0.05) is 21.6 Å². The normalized spacial score (nSPS) is 16.8. The predicted octanol–water partition coefficient (Wildman–Crippen LogP) is -0.979. The van der Waals surface area contributed by atoms with E-state index in [1.54, 1.807) is 21.6 Å². The Morgan fingerprint density at radius 1 is 1.26 bits per heavy atom. The van der Waals surface area contributed by atoms with E-state index in [0.29, 0.717) is 19.4 Å². The summed E-state index contributed by atoms with van der Waals surface area (Å²) < 4.78 is 0. The van der Waals surface area contributed by atoms with Gasteiger partial charge < -0.3 is 22.5 Å². The van der Waals surface area contributed by atoms with Crippen LogP contribution in [0.3, 0.4) is 0 Å². The van der Waals surface area contributed by atoms with E-state index >= 15 is 0 Å². The summed E-state index contributed by atoms with van der Waals surface area (Å²) >= 11 is 0. The summed E-state index contributed by atoms with van der Waals surface area (Å²) in [6.45, 7) is 0.414. The molecule has 7 N–H and O–H groups in total. The SMILES string of the molecule is NC(=O)[C@H](CCCN=C(N)N)NC(=O)C1CSSC1. The summed E-state index contributed by atoms with van der Waals surface area (Å²) in [5.41, 5.74) is 15.7. The Hall–Kier alpha value is -1.09. The Balaban J connectivity index is 2.37. The highest BCUT2D eigenvalue weighted by atomic mass is 33.1. The number of nitrogens with two attached hydrogens (primary N) is 3. The van der Waals surface area contributed by atoms with Crippen LogP contribution in [0.5, 0.6) is 0 Å². The molecule has 1 saturated heterocycles. The lowest BCUT2D eigenvalue weighted by Crippen LogP contribution is -2.47. The average Bonchev–Trinajstić information content (AvgIpc) is 2.85. The zero-order valence-corrected chi connectivity index (χ0v) is 12.1. The smallest absolute Gasteiger partial charge is 0.240 e. The van der Waals surface area contributed by atoms with Crippen LogP contribution >= 0.6 is 21.6 Å². The topological polar surface area (TPSA) is 137 Å². The Bertz CT molecular complexity index is 354. The number of nitrogens with one attached hydrogen (secondary N) is 1. The lowest BCUT2D eigenvalue weighted by Gasteiger charge is -2.17. The fourth-order valence-electron chi connectivity index (χ4n) is 1.54. The second kappa shape index (κ2) is 8.16. The van der Waals surface area contributed by atoms with Gasteiger partial charge in [0.1, 0.15) is 6.04 Å². The third kappa shape index (κ3) is 6.06. The molecule has 9 heteroatoms. The Morgan fingerprint density at radius 3 is 2.42 bits per heavy atom. The number of primary amides is 1. The summed E-state index contributed by atoms with van der Waals surface area (Å²) in [6.07, 6.45) is 1.02. The van der Waals surface area contributed by atoms with Crippen molar-refractivity contribution in [3.8, 4) is 0 Å². The Morgan fingerprint density at radius 2 is 1.89 bits per heavy atom. The Labute approximate surface area is 119 Å². The van der Waals surface area contributed by atoms with Crippen molar-refractivity contribution in [1.29, 1.82) is 0 Å². The molecule has 0 saturated carbocycles. The maximum atomic E-state index is 11.9. The maximum Gasteiger partial charge on any atom is 0.240 e. The number of nitrogens with zero attached hydrogens (tertiary/aromatic N) is 1. The van der Waals surface area contributed by atoms with Gasteiger partial charge in [0, 0.05) is 18.1 Å². The predicted molar refractivity (Wildman–Crippen MR) is 79.4 cm³/mol. The van der Waals surface area contributed by atoms with Gasteiger partial charge in [0.05, 0.1) is 5.92 Å². The minimum Gasteiger partial charge on any atom is -0.370 e. The highest BCUT2D eigenvalue weighted by molar-refractivity contribution is 8.77. The van der Waals surface area contributed by atoms with E-state index in [4.69, 9.17) is 17.2 Å². The van der Waals surface area contributed by atoms with E-state index in [1.165, 1.54) is 0 Å².